The zero-order valence-electron chi connectivity index (χ0n) is 15.4. The molecular weight excluding hydrogens is 350 g/mol. The predicted molar refractivity (Wildman–Crippen MR) is 97.6 cm³/mol. The third-order valence-electron chi connectivity index (χ3n) is 3.44. The van der Waals surface area contributed by atoms with E-state index in [-0.39, 0.29) is 18.8 Å². The topological polar surface area (TPSA) is 111 Å². The standard InChI is InChI=1S/C19H23N3O5/c1-13(2)10-21-19(25)22-16(23)12-26-18(24)9-8-17-20-11-15(27-17)14-6-4-3-5-7-14/h3-7,11,13H,8-10,12H2,1-2H3,(H2,21,22,23,25). The summed E-state index contributed by atoms with van der Waals surface area (Å²) in [5.41, 5.74) is 0.895. The second-order valence-electron chi connectivity index (χ2n) is 6.30. The number of urea groups is 1. The van der Waals surface area contributed by atoms with Crippen molar-refractivity contribution in [2.24, 2.45) is 5.92 Å². The van der Waals surface area contributed by atoms with E-state index in [0.717, 1.165) is 5.56 Å². The van der Waals surface area contributed by atoms with Gasteiger partial charge in [-0.2, -0.15) is 0 Å². The highest BCUT2D eigenvalue weighted by Crippen LogP contribution is 2.20. The maximum atomic E-state index is 11.7. The number of rotatable bonds is 8. The second-order valence-corrected chi connectivity index (χ2v) is 6.30. The van der Waals surface area contributed by atoms with Crippen LogP contribution in [0.1, 0.15) is 26.2 Å². The van der Waals surface area contributed by atoms with Gasteiger partial charge in [-0.05, 0) is 5.92 Å². The van der Waals surface area contributed by atoms with E-state index in [1.807, 2.05) is 44.2 Å². The number of aromatic nitrogens is 1. The van der Waals surface area contributed by atoms with E-state index in [0.29, 0.717) is 18.2 Å². The highest BCUT2D eigenvalue weighted by atomic mass is 16.5. The minimum absolute atomic E-state index is 0.0154. The van der Waals surface area contributed by atoms with Gasteiger partial charge in [0.1, 0.15) is 0 Å². The third kappa shape index (κ3) is 7.31. The van der Waals surface area contributed by atoms with E-state index in [1.165, 1.54) is 0 Å². The normalized spacial score (nSPS) is 10.5. The molecule has 1 aromatic heterocycles. The van der Waals surface area contributed by atoms with Crippen LogP contribution in [0.2, 0.25) is 0 Å². The molecule has 2 aromatic rings. The number of nitrogens with one attached hydrogen (secondary N) is 2. The van der Waals surface area contributed by atoms with Crippen LogP contribution in [-0.4, -0.2) is 36.0 Å². The number of imide groups is 1. The summed E-state index contributed by atoms with van der Waals surface area (Å²) in [6.07, 6.45) is 1.86. The first-order valence-corrected chi connectivity index (χ1v) is 8.67. The number of hydrogen-bond donors (Lipinski definition) is 2. The Morgan fingerprint density at radius 2 is 1.93 bits per heavy atom. The Hall–Kier alpha value is -3.16. The summed E-state index contributed by atoms with van der Waals surface area (Å²) in [6.45, 7) is 3.79. The fraction of sp³-hybridized carbons (Fsp3) is 0.368. The first kappa shape index (κ1) is 20.2. The Kier molecular flexibility index (Phi) is 7.54. The maximum Gasteiger partial charge on any atom is 0.321 e. The molecule has 27 heavy (non-hydrogen) atoms. The summed E-state index contributed by atoms with van der Waals surface area (Å²) in [5, 5.41) is 4.62. The van der Waals surface area contributed by atoms with Crippen molar-refractivity contribution in [3.05, 3.63) is 42.4 Å². The molecule has 0 aliphatic rings. The lowest BCUT2D eigenvalue weighted by molar-refractivity contribution is -0.148. The SMILES string of the molecule is CC(C)CNC(=O)NC(=O)COC(=O)CCc1ncc(-c2ccccc2)o1. The zero-order valence-corrected chi connectivity index (χ0v) is 15.4. The van der Waals surface area contributed by atoms with Gasteiger partial charge in [-0.3, -0.25) is 14.9 Å². The second kappa shape index (κ2) is 10.1. The van der Waals surface area contributed by atoms with Crippen LogP contribution in [0.4, 0.5) is 4.79 Å². The molecule has 8 heteroatoms. The molecule has 0 saturated heterocycles. The number of esters is 1. The number of hydrogen-bond acceptors (Lipinski definition) is 6. The van der Waals surface area contributed by atoms with Crippen molar-refractivity contribution >= 4 is 17.9 Å². The Bertz CT molecular complexity index is 771. The van der Waals surface area contributed by atoms with Crippen molar-refractivity contribution in [2.75, 3.05) is 13.2 Å². The summed E-state index contributed by atoms with van der Waals surface area (Å²) < 4.78 is 10.4. The minimum atomic E-state index is -0.688. The molecule has 0 aliphatic heterocycles. The Morgan fingerprint density at radius 1 is 1.19 bits per heavy atom. The number of carbonyl (C=O) groups excluding carboxylic acids is 3. The molecule has 0 atom stereocenters. The molecule has 0 aliphatic carbocycles. The lowest BCUT2D eigenvalue weighted by atomic mass is 10.2. The van der Waals surface area contributed by atoms with Gasteiger partial charge in [0.25, 0.3) is 5.91 Å². The monoisotopic (exact) mass is 373 g/mol. The van der Waals surface area contributed by atoms with Gasteiger partial charge in [0.15, 0.2) is 18.3 Å². The molecule has 0 unspecified atom stereocenters. The molecule has 3 amide bonds. The van der Waals surface area contributed by atoms with Crippen molar-refractivity contribution in [3.8, 4) is 11.3 Å². The fourth-order valence-corrected chi connectivity index (χ4v) is 2.09. The van der Waals surface area contributed by atoms with Gasteiger partial charge in [0.2, 0.25) is 0 Å². The quantitative estimate of drug-likeness (QED) is 0.687. The zero-order chi connectivity index (χ0) is 19.6. The lowest BCUT2D eigenvalue weighted by Gasteiger charge is -2.08. The number of benzene rings is 1. The van der Waals surface area contributed by atoms with Gasteiger partial charge in [-0.25, -0.2) is 9.78 Å². The molecule has 0 bridgehead atoms. The van der Waals surface area contributed by atoms with E-state index >= 15 is 0 Å². The maximum absolute atomic E-state index is 11.7. The van der Waals surface area contributed by atoms with E-state index in [2.05, 4.69) is 15.6 Å². The van der Waals surface area contributed by atoms with Crippen LogP contribution in [0.25, 0.3) is 11.3 Å². The van der Waals surface area contributed by atoms with Crippen LogP contribution in [0.5, 0.6) is 0 Å². The Morgan fingerprint density at radius 3 is 2.63 bits per heavy atom. The molecule has 0 spiro atoms. The van der Waals surface area contributed by atoms with Crippen LogP contribution in [0.3, 0.4) is 0 Å². The summed E-state index contributed by atoms with van der Waals surface area (Å²) in [6, 6.07) is 8.87. The summed E-state index contributed by atoms with van der Waals surface area (Å²) >= 11 is 0. The van der Waals surface area contributed by atoms with Gasteiger partial charge in [0.05, 0.1) is 12.6 Å². The van der Waals surface area contributed by atoms with Gasteiger partial charge in [-0.15, -0.1) is 0 Å². The minimum Gasteiger partial charge on any atom is -0.456 e. The van der Waals surface area contributed by atoms with Crippen molar-refractivity contribution in [2.45, 2.75) is 26.7 Å². The van der Waals surface area contributed by atoms with Crippen LogP contribution >= 0.6 is 0 Å². The van der Waals surface area contributed by atoms with Crippen LogP contribution in [0.15, 0.2) is 40.9 Å². The van der Waals surface area contributed by atoms with Crippen molar-refractivity contribution in [1.29, 1.82) is 0 Å². The molecule has 144 valence electrons. The van der Waals surface area contributed by atoms with Crippen molar-refractivity contribution in [1.82, 2.24) is 15.6 Å². The number of oxazole rings is 1. The molecule has 1 aromatic carbocycles. The van der Waals surface area contributed by atoms with Crippen molar-refractivity contribution in [3.63, 3.8) is 0 Å². The van der Waals surface area contributed by atoms with Crippen LogP contribution in [-0.2, 0) is 20.7 Å². The Balaban J connectivity index is 1.68. The van der Waals surface area contributed by atoms with Crippen molar-refractivity contribution < 1.29 is 23.5 Å². The molecule has 2 N–H and O–H groups in total. The Labute approximate surface area is 157 Å². The first-order valence-electron chi connectivity index (χ1n) is 8.67. The number of nitrogens with zero attached hydrogens (tertiary/aromatic N) is 1. The van der Waals surface area contributed by atoms with Gasteiger partial charge in [-0.1, -0.05) is 44.2 Å². The lowest BCUT2D eigenvalue weighted by Crippen LogP contribution is -2.42. The number of aryl methyl sites for hydroxylation is 1. The van der Waals surface area contributed by atoms with Gasteiger partial charge in [0, 0.05) is 18.5 Å². The summed E-state index contributed by atoms with van der Waals surface area (Å²) in [7, 11) is 0. The van der Waals surface area contributed by atoms with Gasteiger partial charge < -0.3 is 14.5 Å². The third-order valence-corrected chi connectivity index (χ3v) is 3.44. The molecule has 2 rings (SSSR count). The summed E-state index contributed by atoms with van der Waals surface area (Å²) in [4.78, 5) is 38.8. The van der Waals surface area contributed by atoms with E-state index in [9.17, 15) is 14.4 Å². The number of amides is 3. The molecular formula is C19H23N3O5. The van der Waals surface area contributed by atoms with Gasteiger partial charge >= 0.3 is 12.0 Å². The largest absolute Gasteiger partial charge is 0.456 e. The molecule has 0 radical (unpaired) electrons. The molecule has 0 saturated carbocycles. The smallest absolute Gasteiger partial charge is 0.321 e. The van der Waals surface area contributed by atoms with Crippen LogP contribution in [0, 0.1) is 5.92 Å². The van der Waals surface area contributed by atoms with E-state index in [1.54, 1.807) is 6.20 Å². The molecule has 0 fully saturated rings. The van der Waals surface area contributed by atoms with E-state index in [4.69, 9.17) is 9.15 Å². The highest BCUT2D eigenvalue weighted by Gasteiger charge is 2.13. The van der Waals surface area contributed by atoms with E-state index < -0.39 is 24.5 Å². The summed E-state index contributed by atoms with van der Waals surface area (Å²) in [5.74, 6) is 0.0228. The molecule has 1 heterocycles. The average Bonchev–Trinajstić information content (AvgIpc) is 3.13. The molecule has 8 nitrogen and oxygen atoms in total. The first-order chi connectivity index (χ1) is 12.9. The predicted octanol–water partition coefficient (Wildman–Crippen LogP) is 2.30. The number of carbonyl (C=O) groups is 3. The fourth-order valence-electron chi connectivity index (χ4n) is 2.09. The number of ether oxygens (including phenoxy) is 1. The highest BCUT2D eigenvalue weighted by molar-refractivity contribution is 5.95. The average molecular weight is 373 g/mol. The van der Waals surface area contributed by atoms with Crippen LogP contribution < -0.4 is 10.6 Å².